The molecule has 0 saturated carbocycles. The first-order chi connectivity index (χ1) is 12.2. The van der Waals surface area contributed by atoms with E-state index in [0.29, 0.717) is 19.7 Å². The normalized spacial score (nSPS) is 20.7. The van der Waals surface area contributed by atoms with Gasteiger partial charge in [-0.15, -0.1) is 0 Å². The summed E-state index contributed by atoms with van der Waals surface area (Å²) >= 11 is 0. The number of ether oxygens (including phenoxy) is 4. The van der Waals surface area contributed by atoms with Crippen molar-refractivity contribution in [3.8, 4) is 23.0 Å². The molecule has 2 aromatic carbocycles. The van der Waals surface area contributed by atoms with Gasteiger partial charge in [-0.2, -0.15) is 0 Å². The van der Waals surface area contributed by atoms with Crippen LogP contribution in [-0.2, 0) is 13.0 Å². The van der Waals surface area contributed by atoms with E-state index in [1.54, 1.807) is 7.11 Å². The molecule has 0 aliphatic carbocycles. The Kier molecular flexibility index (Phi) is 4.40. The molecule has 5 heteroatoms. The van der Waals surface area contributed by atoms with Gasteiger partial charge in [-0.25, -0.2) is 0 Å². The highest BCUT2D eigenvalue weighted by Gasteiger charge is 2.23. The summed E-state index contributed by atoms with van der Waals surface area (Å²) in [6.07, 6.45) is 1.16. The van der Waals surface area contributed by atoms with Gasteiger partial charge < -0.3 is 24.3 Å². The monoisotopic (exact) mass is 341 g/mol. The Bertz CT molecular complexity index is 761. The van der Waals surface area contributed by atoms with Crippen LogP contribution in [0.5, 0.6) is 23.0 Å². The van der Waals surface area contributed by atoms with Crippen LogP contribution >= 0.6 is 0 Å². The number of fused-ring (bicyclic) bond motifs is 2. The number of rotatable bonds is 5. The molecule has 0 radical (unpaired) electrons. The molecular formula is C20H23NO4. The van der Waals surface area contributed by atoms with Gasteiger partial charge in [-0.3, -0.25) is 0 Å². The molecule has 0 amide bonds. The molecule has 2 heterocycles. The second-order valence-corrected chi connectivity index (χ2v) is 6.53. The quantitative estimate of drug-likeness (QED) is 0.906. The first kappa shape index (κ1) is 16.1. The van der Waals surface area contributed by atoms with E-state index in [2.05, 4.69) is 24.4 Å². The highest BCUT2D eigenvalue weighted by Crippen LogP contribution is 2.35. The third-order valence-electron chi connectivity index (χ3n) is 4.55. The Labute approximate surface area is 147 Å². The summed E-state index contributed by atoms with van der Waals surface area (Å²) in [6.45, 7) is 4.02. The zero-order chi connectivity index (χ0) is 17.2. The Hall–Kier alpha value is -2.40. The van der Waals surface area contributed by atoms with Gasteiger partial charge >= 0.3 is 0 Å². The Morgan fingerprint density at radius 1 is 1.12 bits per heavy atom. The summed E-state index contributed by atoms with van der Waals surface area (Å²) in [5.74, 6) is 3.48. The van der Waals surface area contributed by atoms with Gasteiger partial charge in [-0.1, -0.05) is 12.1 Å². The van der Waals surface area contributed by atoms with Gasteiger partial charge in [0.1, 0.15) is 30.3 Å². The maximum absolute atomic E-state index is 5.97. The van der Waals surface area contributed by atoms with Crippen LogP contribution in [0.3, 0.4) is 0 Å². The van der Waals surface area contributed by atoms with Gasteiger partial charge in [0.15, 0.2) is 11.5 Å². The SMILES string of the molecule is COc1cc2c(cc1CNC[C@@H]1COc3ccccc3O1)O[C@H](C)C2. The van der Waals surface area contributed by atoms with E-state index in [9.17, 15) is 0 Å². The molecule has 0 fully saturated rings. The Morgan fingerprint density at radius 3 is 2.80 bits per heavy atom. The number of hydrogen-bond acceptors (Lipinski definition) is 5. The van der Waals surface area contributed by atoms with Gasteiger partial charge in [-0.05, 0) is 31.2 Å². The minimum absolute atomic E-state index is 0.00778. The summed E-state index contributed by atoms with van der Waals surface area (Å²) in [7, 11) is 1.71. The molecule has 0 bridgehead atoms. The van der Waals surface area contributed by atoms with Crippen LogP contribution in [-0.4, -0.2) is 32.5 Å². The third kappa shape index (κ3) is 3.37. The number of benzene rings is 2. The van der Waals surface area contributed by atoms with Crippen molar-refractivity contribution in [1.29, 1.82) is 0 Å². The van der Waals surface area contributed by atoms with Crippen LogP contribution < -0.4 is 24.3 Å². The van der Waals surface area contributed by atoms with E-state index in [0.717, 1.165) is 35.0 Å². The van der Waals surface area contributed by atoms with Crippen molar-refractivity contribution in [3.63, 3.8) is 0 Å². The molecule has 0 aromatic heterocycles. The van der Waals surface area contributed by atoms with Crippen molar-refractivity contribution < 1.29 is 18.9 Å². The fourth-order valence-corrected chi connectivity index (χ4v) is 3.34. The van der Waals surface area contributed by atoms with E-state index >= 15 is 0 Å². The number of hydrogen-bond donors (Lipinski definition) is 1. The molecule has 0 saturated heterocycles. The van der Waals surface area contributed by atoms with Crippen molar-refractivity contribution in [1.82, 2.24) is 5.32 Å². The van der Waals surface area contributed by atoms with Crippen molar-refractivity contribution >= 4 is 0 Å². The summed E-state index contributed by atoms with van der Waals surface area (Å²) < 4.78 is 23.1. The minimum Gasteiger partial charge on any atom is -0.496 e. The predicted octanol–water partition coefficient (Wildman–Crippen LogP) is 2.95. The zero-order valence-corrected chi connectivity index (χ0v) is 14.6. The average Bonchev–Trinajstić information content (AvgIpc) is 2.99. The van der Waals surface area contributed by atoms with Crippen LogP contribution in [0.1, 0.15) is 18.1 Å². The lowest BCUT2D eigenvalue weighted by molar-refractivity contribution is 0.0902. The second kappa shape index (κ2) is 6.84. The van der Waals surface area contributed by atoms with E-state index in [-0.39, 0.29) is 12.2 Å². The summed E-state index contributed by atoms with van der Waals surface area (Å²) in [6, 6.07) is 11.9. The van der Waals surface area contributed by atoms with Crippen molar-refractivity contribution in [2.75, 3.05) is 20.3 Å². The van der Waals surface area contributed by atoms with Crippen LogP contribution in [0.25, 0.3) is 0 Å². The van der Waals surface area contributed by atoms with Crippen LogP contribution in [0.4, 0.5) is 0 Å². The minimum atomic E-state index is -0.00778. The van der Waals surface area contributed by atoms with Crippen LogP contribution in [0, 0.1) is 0 Å². The number of methoxy groups -OCH3 is 1. The fourth-order valence-electron chi connectivity index (χ4n) is 3.34. The largest absolute Gasteiger partial charge is 0.496 e. The molecule has 1 N–H and O–H groups in total. The fraction of sp³-hybridized carbons (Fsp3) is 0.400. The van der Waals surface area contributed by atoms with Crippen LogP contribution in [0.2, 0.25) is 0 Å². The Morgan fingerprint density at radius 2 is 1.96 bits per heavy atom. The van der Waals surface area contributed by atoms with Crippen LogP contribution in [0.15, 0.2) is 36.4 Å². The van der Waals surface area contributed by atoms with Crippen molar-refractivity contribution in [2.45, 2.75) is 32.1 Å². The number of para-hydroxylation sites is 2. The predicted molar refractivity (Wildman–Crippen MR) is 94.8 cm³/mol. The Balaban J connectivity index is 1.37. The zero-order valence-electron chi connectivity index (χ0n) is 14.6. The van der Waals surface area contributed by atoms with Gasteiger partial charge in [0, 0.05) is 30.6 Å². The molecule has 25 heavy (non-hydrogen) atoms. The second-order valence-electron chi connectivity index (χ2n) is 6.53. The molecule has 2 aromatic rings. The highest BCUT2D eigenvalue weighted by atomic mass is 16.6. The lowest BCUT2D eigenvalue weighted by Gasteiger charge is -2.26. The molecule has 132 valence electrons. The molecule has 0 unspecified atom stereocenters. The first-order valence-corrected chi connectivity index (χ1v) is 8.68. The molecule has 2 atom stereocenters. The van der Waals surface area contributed by atoms with E-state index in [4.69, 9.17) is 18.9 Å². The van der Waals surface area contributed by atoms with Crippen molar-refractivity contribution in [2.24, 2.45) is 0 Å². The standard InChI is InChI=1S/C20H23NO4/c1-13-7-14-8-19(22-2)15(9-20(14)24-13)10-21-11-16-12-23-17-5-3-4-6-18(17)25-16/h3-6,8-9,13,16,21H,7,10-12H2,1-2H3/t13-,16-/m1/s1. The van der Waals surface area contributed by atoms with E-state index in [1.165, 1.54) is 5.56 Å². The maximum atomic E-state index is 5.97. The molecule has 2 aliphatic rings. The van der Waals surface area contributed by atoms with Gasteiger partial charge in [0.25, 0.3) is 0 Å². The van der Waals surface area contributed by atoms with Gasteiger partial charge in [0.05, 0.1) is 7.11 Å². The number of nitrogens with one attached hydrogen (secondary N) is 1. The third-order valence-corrected chi connectivity index (χ3v) is 4.55. The average molecular weight is 341 g/mol. The smallest absolute Gasteiger partial charge is 0.161 e. The summed E-state index contributed by atoms with van der Waals surface area (Å²) in [4.78, 5) is 0. The molecule has 4 rings (SSSR count). The lowest BCUT2D eigenvalue weighted by atomic mass is 10.1. The van der Waals surface area contributed by atoms with Gasteiger partial charge in [0.2, 0.25) is 0 Å². The molecule has 2 aliphatic heterocycles. The van der Waals surface area contributed by atoms with E-state index < -0.39 is 0 Å². The molecule has 0 spiro atoms. The van der Waals surface area contributed by atoms with E-state index in [1.807, 2.05) is 24.3 Å². The van der Waals surface area contributed by atoms with Crippen molar-refractivity contribution in [3.05, 3.63) is 47.5 Å². The topological polar surface area (TPSA) is 49.0 Å². The lowest BCUT2D eigenvalue weighted by Crippen LogP contribution is -2.38. The summed E-state index contributed by atoms with van der Waals surface area (Å²) in [5, 5.41) is 3.44. The molecule has 5 nitrogen and oxygen atoms in total. The highest BCUT2D eigenvalue weighted by molar-refractivity contribution is 5.48. The molecular weight excluding hydrogens is 318 g/mol. The summed E-state index contributed by atoms with van der Waals surface area (Å²) in [5.41, 5.74) is 2.31. The first-order valence-electron chi connectivity index (χ1n) is 8.68. The maximum Gasteiger partial charge on any atom is 0.161 e.